The Morgan fingerprint density at radius 1 is 1.11 bits per heavy atom. The minimum atomic E-state index is -0.191. The molecule has 0 amide bonds. The van der Waals surface area contributed by atoms with Gasteiger partial charge in [-0.25, -0.2) is 9.97 Å². The molecule has 2 heterocycles. The van der Waals surface area contributed by atoms with E-state index in [9.17, 15) is 4.79 Å². The van der Waals surface area contributed by atoms with E-state index in [0.29, 0.717) is 5.75 Å². The third-order valence-corrected chi connectivity index (χ3v) is 6.28. The third kappa shape index (κ3) is 3.20. The molecule has 4 rings (SSSR count). The Kier molecular flexibility index (Phi) is 4.71. The molecule has 5 heteroatoms. The minimum Gasteiger partial charge on any atom is -0.347 e. The number of carbonyl (C=O) groups is 1. The Bertz CT molecular complexity index is 1100. The van der Waals surface area contributed by atoms with Gasteiger partial charge in [0.05, 0.1) is 11.3 Å². The quantitative estimate of drug-likeness (QED) is 0.360. The number of likely N-dealkylation sites (N-methyl/N-ethyl adjacent to an activating group) is 1. The van der Waals surface area contributed by atoms with Crippen molar-refractivity contribution in [2.24, 2.45) is 0 Å². The zero-order valence-electron chi connectivity index (χ0n) is 16.6. The second kappa shape index (κ2) is 7.06. The molecule has 28 heavy (non-hydrogen) atoms. The largest absolute Gasteiger partial charge is 0.347 e. The first-order valence-corrected chi connectivity index (χ1v) is 10.3. The molecule has 0 N–H and O–H groups in total. The van der Waals surface area contributed by atoms with Gasteiger partial charge in [-0.3, -0.25) is 4.79 Å². The summed E-state index contributed by atoms with van der Waals surface area (Å²) in [6, 6.07) is 16.3. The standard InChI is InChI=1S/C23H23N3OS/c1-15-24-19-11-7-5-9-17(19)22(25-15)28-14-16(27)13-21-23(2,3)18-10-6-8-12-20(18)26(21)4/h5-13H,14H2,1-4H3/b21-13-. The smallest absolute Gasteiger partial charge is 0.167 e. The van der Waals surface area contributed by atoms with Gasteiger partial charge in [0.2, 0.25) is 0 Å². The van der Waals surface area contributed by atoms with Crippen LogP contribution in [0.2, 0.25) is 0 Å². The van der Waals surface area contributed by atoms with Crippen LogP contribution in [0.3, 0.4) is 0 Å². The first-order chi connectivity index (χ1) is 13.4. The van der Waals surface area contributed by atoms with Gasteiger partial charge in [0.15, 0.2) is 5.78 Å². The van der Waals surface area contributed by atoms with Crippen LogP contribution in [0.5, 0.6) is 0 Å². The van der Waals surface area contributed by atoms with Crippen molar-refractivity contribution in [3.63, 3.8) is 0 Å². The summed E-state index contributed by atoms with van der Waals surface area (Å²) in [5.74, 6) is 1.16. The maximum atomic E-state index is 12.8. The lowest BCUT2D eigenvalue weighted by atomic mass is 9.83. The van der Waals surface area contributed by atoms with Gasteiger partial charge in [-0.1, -0.05) is 62.0 Å². The summed E-state index contributed by atoms with van der Waals surface area (Å²) in [5, 5.41) is 1.85. The van der Waals surface area contributed by atoms with Crippen molar-refractivity contribution in [3.05, 3.63) is 71.7 Å². The number of thioether (sulfide) groups is 1. The van der Waals surface area contributed by atoms with Crippen LogP contribution in [-0.2, 0) is 10.2 Å². The number of benzene rings is 2. The van der Waals surface area contributed by atoms with E-state index >= 15 is 0 Å². The van der Waals surface area contributed by atoms with Crippen molar-refractivity contribution in [3.8, 4) is 0 Å². The van der Waals surface area contributed by atoms with Crippen molar-refractivity contribution >= 4 is 34.1 Å². The molecule has 4 nitrogen and oxygen atoms in total. The molecule has 0 fully saturated rings. The number of para-hydroxylation sites is 2. The molecular weight excluding hydrogens is 366 g/mol. The monoisotopic (exact) mass is 389 g/mol. The van der Waals surface area contributed by atoms with Crippen LogP contribution >= 0.6 is 11.8 Å². The van der Waals surface area contributed by atoms with E-state index in [1.54, 1.807) is 6.08 Å². The Labute approximate surface area is 169 Å². The number of ketones is 1. The highest BCUT2D eigenvalue weighted by atomic mass is 32.2. The summed E-state index contributed by atoms with van der Waals surface area (Å²) >= 11 is 1.48. The first kappa shape index (κ1) is 18.7. The molecule has 0 saturated heterocycles. The number of fused-ring (bicyclic) bond motifs is 2. The van der Waals surface area contributed by atoms with Crippen LogP contribution in [0, 0.1) is 6.92 Å². The number of rotatable bonds is 4. The van der Waals surface area contributed by atoms with Gasteiger partial charge in [-0.2, -0.15) is 0 Å². The fraction of sp³-hybridized carbons (Fsp3) is 0.261. The Hall–Kier alpha value is -2.66. The molecule has 0 aliphatic carbocycles. The number of carbonyl (C=O) groups excluding carboxylic acids is 1. The number of aryl methyl sites for hydroxylation is 1. The predicted octanol–water partition coefficient (Wildman–Crippen LogP) is 4.91. The molecule has 2 aromatic carbocycles. The van der Waals surface area contributed by atoms with Crippen molar-refractivity contribution in [1.29, 1.82) is 0 Å². The summed E-state index contributed by atoms with van der Waals surface area (Å²) < 4.78 is 0. The molecule has 142 valence electrons. The lowest BCUT2D eigenvalue weighted by Gasteiger charge is -2.23. The van der Waals surface area contributed by atoms with Gasteiger partial charge in [-0.15, -0.1) is 0 Å². The number of aromatic nitrogens is 2. The van der Waals surface area contributed by atoms with Crippen molar-refractivity contribution < 1.29 is 4.79 Å². The molecular formula is C23H23N3OS. The molecule has 0 saturated carbocycles. The number of anilines is 1. The summed E-state index contributed by atoms with van der Waals surface area (Å²) in [6.45, 7) is 6.22. The fourth-order valence-electron chi connectivity index (χ4n) is 3.86. The van der Waals surface area contributed by atoms with E-state index in [1.807, 2.05) is 44.3 Å². The van der Waals surface area contributed by atoms with Gasteiger partial charge in [0.25, 0.3) is 0 Å². The van der Waals surface area contributed by atoms with E-state index in [0.717, 1.165) is 33.1 Å². The van der Waals surface area contributed by atoms with E-state index in [-0.39, 0.29) is 11.2 Å². The Balaban J connectivity index is 1.58. The van der Waals surface area contributed by atoms with E-state index in [4.69, 9.17) is 0 Å². The molecule has 0 spiro atoms. The normalized spacial score (nSPS) is 16.6. The average Bonchev–Trinajstić information content (AvgIpc) is 2.87. The molecule has 1 aliphatic rings. The van der Waals surface area contributed by atoms with Gasteiger partial charge >= 0.3 is 0 Å². The van der Waals surface area contributed by atoms with Crippen molar-refractivity contribution in [2.45, 2.75) is 31.2 Å². The van der Waals surface area contributed by atoms with Gasteiger partial charge in [0.1, 0.15) is 10.9 Å². The number of hydrogen-bond donors (Lipinski definition) is 0. The van der Waals surface area contributed by atoms with Crippen LogP contribution < -0.4 is 4.90 Å². The van der Waals surface area contributed by atoms with Gasteiger partial charge < -0.3 is 4.90 Å². The second-order valence-electron chi connectivity index (χ2n) is 7.58. The average molecular weight is 390 g/mol. The maximum absolute atomic E-state index is 12.8. The topological polar surface area (TPSA) is 46.1 Å². The third-order valence-electron chi connectivity index (χ3n) is 5.27. The number of hydrogen-bond acceptors (Lipinski definition) is 5. The van der Waals surface area contributed by atoms with Crippen LogP contribution in [0.25, 0.3) is 10.9 Å². The highest BCUT2D eigenvalue weighted by molar-refractivity contribution is 8.00. The molecule has 0 atom stereocenters. The lowest BCUT2D eigenvalue weighted by molar-refractivity contribution is -0.112. The zero-order chi connectivity index (χ0) is 19.9. The minimum absolute atomic E-state index is 0.0908. The fourth-order valence-corrected chi connectivity index (χ4v) is 4.75. The van der Waals surface area contributed by atoms with E-state index in [1.165, 1.54) is 17.3 Å². The first-order valence-electron chi connectivity index (χ1n) is 9.32. The molecule has 3 aromatic rings. The summed E-state index contributed by atoms with van der Waals surface area (Å²) in [6.07, 6.45) is 1.79. The maximum Gasteiger partial charge on any atom is 0.167 e. The molecule has 1 aliphatic heterocycles. The Morgan fingerprint density at radius 3 is 2.61 bits per heavy atom. The molecule has 0 bridgehead atoms. The van der Waals surface area contributed by atoms with E-state index in [2.05, 4.69) is 46.9 Å². The van der Waals surface area contributed by atoms with E-state index < -0.39 is 0 Å². The number of nitrogens with zero attached hydrogens (tertiary/aromatic N) is 3. The predicted molar refractivity (Wildman–Crippen MR) is 116 cm³/mol. The molecule has 0 radical (unpaired) electrons. The summed E-state index contributed by atoms with van der Waals surface area (Å²) in [5.41, 5.74) is 4.17. The number of allylic oxidation sites excluding steroid dienone is 2. The SMILES string of the molecule is Cc1nc(SCC(=O)/C=C2\N(C)c3ccccc3C2(C)C)c2ccccc2n1. The lowest BCUT2D eigenvalue weighted by Crippen LogP contribution is -2.24. The van der Waals surface area contributed by atoms with Crippen LogP contribution in [-0.4, -0.2) is 28.6 Å². The van der Waals surface area contributed by atoms with Gasteiger partial charge in [0, 0.05) is 35.3 Å². The van der Waals surface area contributed by atoms with Crippen LogP contribution in [0.15, 0.2) is 65.3 Å². The molecule has 1 aromatic heterocycles. The highest BCUT2D eigenvalue weighted by Crippen LogP contribution is 2.46. The molecule has 0 unspecified atom stereocenters. The van der Waals surface area contributed by atoms with Crippen molar-refractivity contribution in [2.75, 3.05) is 17.7 Å². The summed E-state index contributed by atoms with van der Waals surface area (Å²) in [4.78, 5) is 24.0. The van der Waals surface area contributed by atoms with Crippen LogP contribution in [0.4, 0.5) is 5.69 Å². The van der Waals surface area contributed by atoms with Gasteiger partial charge in [-0.05, 0) is 24.6 Å². The second-order valence-corrected chi connectivity index (χ2v) is 8.54. The van der Waals surface area contributed by atoms with Crippen molar-refractivity contribution in [1.82, 2.24) is 9.97 Å². The zero-order valence-corrected chi connectivity index (χ0v) is 17.4. The Morgan fingerprint density at radius 2 is 1.82 bits per heavy atom. The van der Waals surface area contributed by atoms with Crippen LogP contribution in [0.1, 0.15) is 25.2 Å². The highest BCUT2D eigenvalue weighted by Gasteiger charge is 2.38. The summed E-state index contributed by atoms with van der Waals surface area (Å²) in [7, 11) is 2.03.